The first kappa shape index (κ1) is 12.2. The molecular formula is C13H12N2O3S. The normalized spacial score (nSPS) is 22.5. The molecule has 2 aliphatic heterocycles. The van der Waals surface area contributed by atoms with Gasteiger partial charge in [0.25, 0.3) is 5.91 Å². The SMILES string of the molecule is O=C1CCC(N2Cc3c(S)cccc3C2=O)C(=O)N1. The van der Waals surface area contributed by atoms with Crippen LogP contribution in [0.2, 0.25) is 0 Å². The van der Waals surface area contributed by atoms with Crippen molar-refractivity contribution in [1.82, 2.24) is 10.2 Å². The van der Waals surface area contributed by atoms with Crippen LogP contribution in [0.25, 0.3) is 0 Å². The maximum atomic E-state index is 12.3. The Morgan fingerprint density at radius 2 is 2.05 bits per heavy atom. The van der Waals surface area contributed by atoms with Crippen LogP contribution in [0.15, 0.2) is 23.1 Å². The summed E-state index contributed by atoms with van der Waals surface area (Å²) in [5.74, 6) is -0.834. The van der Waals surface area contributed by atoms with Gasteiger partial charge >= 0.3 is 0 Å². The van der Waals surface area contributed by atoms with E-state index >= 15 is 0 Å². The molecule has 1 saturated heterocycles. The lowest BCUT2D eigenvalue weighted by Crippen LogP contribution is -2.52. The number of nitrogens with zero attached hydrogens (tertiary/aromatic N) is 1. The van der Waals surface area contributed by atoms with Gasteiger partial charge in [-0.25, -0.2) is 0 Å². The van der Waals surface area contributed by atoms with Crippen molar-refractivity contribution in [3.63, 3.8) is 0 Å². The molecule has 2 heterocycles. The first-order chi connectivity index (χ1) is 9.08. The summed E-state index contributed by atoms with van der Waals surface area (Å²) in [4.78, 5) is 37.5. The first-order valence-corrected chi connectivity index (χ1v) is 6.48. The highest BCUT2D eigenvalue weighted by molar-refractivity contribution is 7.80. The van der Waals surface area contributed by atoms with Crippen molar-refractivity contribution in [3.05, 3.63) is 29.3 Å². The maximum Gasteiger partial charge on any atom is 0.255 e. The van der Waals surface area contributed by atoms with Crippen molar-refractivity contribution in [3.8, 4) is 0 Å². The summed E-state index contributed by atoms with van der Waals surface area (Å²) < 4.78 is 0. The van der Waals surface area contributed by atoms with Crippen LogP contribution in [0.5, 0.6) is 0 Å². The fourth-order valence-electron chi connectivity index (χ4n) is 2.57. The molecule has 1 aromatic rings. The lowest BCUT2D eigenvalue weighted by molar-refractivity contribution is -0.136. The third-order valence-corrected chi connectivity index (χ3v) is 3.98. The fourth-order valence-corrected chi connectivity index (χ4v) is 2.85. The Hall–Kier alpha value is -1.82. The summed E-state index contributed by atoms with van der Waals surface area (Å²) in [6, 6.07) is 4.77. The largest absolute Gasteiger partial charge is 0.322 e. The number of benzene rings is 1. The van der Waals surface area contributed by atoms with E-state index in [2.05, 4.69) is 17.9 Å². The number of amides is 3. The van der Waals surface area contributed by atoms with Gasteiger partial charge in [-0.1, -0.05) is 6.07 Å². The predicted molar refractivity (Wildman–Crippen MR) is 69.7 cm³/mol. The zero-order valence-corrected chi connectivity index (χ0v) is 10.9. The predicted octanol–water partition coefficient (Wildman–Crippen LogP) is 0.736. The minimum absolute atomic E-state index is 0.166. The van der Waals surface area contributed by atoms with Crippen LogP contribution in [-0.2, 0) is 16.1 Å². The quantitative estimate of drug-likeness (QED) is 0.587. The molecular weight excluding hydrogens is 264 g/mol. The van der Waals surface area contributed by atoms with E-state index in [0.29, 0.717) is 18.5 Å². The monoisotopic (exact) mass is 276 g/mol. The Balaban J connectivity index is 1.90. The molecule has 1 N–H and O–H groups in total. The Morgan fingerprint density at radius 3 is 2.74 bits per heavy atom. The minimum atomic E-state index is -0.565. The van der Waals surface area contributed by atoms with Crippen LogP contribution in [-0.4, -0.2) is 28.7 Å². The van der Waals surface area contributed by atoms with Crippen molar-refractivity contribution in [2.75, 3.05) is 0 Å². The summed E-state index contributed by atoms with van der Waals surface area (Å²) in [6.45, 7) is 0.375. The van der Waals surface area contributed by atoms with Gasteiger partial charge in [0.1, 0.15) is 6.04 Å². The lowest BCUT2D eigenvalue weighted by atomic mass is 10.0. The highest BCUT2D eigenvalue weighted by atomic mass is 32.1. The second-order valence-corrected chi connectivity index (χ2v) is 5.19. The van der Waals surface area contributed by atoms with Gasteiger partial charge in [-0.05, 0) is 24.1 Å². The molecule has 3 amide bonds. The van der Waals surface area contributed by atoms with E-state index in [9.17, 15) is 14.4 Å². The Morgan fingerprint density at radius 1 is 1.26 bits per heavy atom. The van der Waals surface area contributed by atoms with Crippen molar-refractivity contribution in [2.24, 2.45) is 0 Å². The summed E-state index contributed by atoms with van der Waals surface area (Å²) in [5, 5.41) is 2.28. The van der Waals surface area contributed by atoms with E-state index in [-0.39, 0.29) is 18.2 Å². The molecule has 1 unspecified atom stereocenters. The van der Waals surface area contributed by atoms with Gasteiger partial charge in [0.2, 0.25) is 11.8 Å². The smallest absolute Gasteiger partial charge is 0.255 e. The standard InChI is InChI=1S/C13H12N2O3S/c16-11-5-4-9(12(17)14-11)15-6-8-7(13(15)18)2-1-3-10(8)19/h1-3,9,19H,4-6H2,(H,14,16,17). The van der Waals surface area contributed by atoms with E-state index < -0.39 is 11.9 Å². The van der Waals surface area contributed by atoms with Crippen LogP contribution in [0.3, 0.4) is 0 Å². The molecule has 1 fully saturated rings. The molecule has 0 aromatic heterocycles. The number of fused-ring (bicyclic) bond motifs is 1. The molecule has 2 aliphatic rings. The molecule has 3 rings (SSSR count). The molecule has 6 heteroatoms. The molecule has 0 aliphatic carbocycles. The van der Waals surface area contributed by atoms with E-state index in [1.807, 2.05) is 6.07 Å². The Kier molecular flexibility index (Phi) is 2.82. The van der Waals surface area contributed by atoms with Gasteiger partial charge in [0.05, 0.1) is 0 Å². The van der Waals surface area contributed by atoms with E-state index in [4.69, 9.17) is 0 Å². The van der Waals surface area contributed by atoms with E-state index in [0.717, 1.165) is 10.5 Å². The van der Waals surface area contributed by atoms with Crippen molar-refractivity contribution in [1.29, 1.82) is 0 Å². The van der Waals surface area contributed by atoms with Crippen LogP contribution in [0, 0.1) is 0 Å². The van der Waals surface area contributed by atoms with Crippen molar-refractivity contribution in [2.45, 2.75) is 30.3 Å². The summed E-state index contributed by atoms with van der Waals surface area (Å²) in [5.41, 5.74) is 1.44. The van der Waals surface area contributed by atoms with Gasteiger partial charge in [-0.2, -0.15) is 0 Å². The topological polar surface area (TPSA) is 66.5 Å². The number of carbonyl (C=O) groups is 3. The average molecular weight is 276 g/mol. The fraction of sp³-hybridized carbons (Fsp3) is 0.308. The molecule has 1 atom stereocenters. The van der Waals surface area contributed by atoms with Gasteiger partial charge < -0.3 is 4.90 Å². The number of nitrogens with one attached hydrogen (secondary N) is 1. The molecule has 0 bridgehead atoms. The van der Waals surface area contributed by atoms with E-state index in [1.54, 1.807) is 12.1 Å². The van der Waals surface area contributed by atoms with Crippen molar-refractivity contribution >= 4 is 30.4 Å². The molecule has 0 radical (unpaired) electrons. The van der Waals surface area contributed by atoms with Gasteiger partial charge in [-0.3, -0.25) is 19.7 Å². The van der Waals surface area contributed by atoms with Crippen LogP contribution < -0.4 is 5.32 Å². The summed E-state index contributed by atoms with van der Waals surface area (Å²) in [7, 11) is 0. The van der Waals surface area contributed by atoms with Gasteiger partial charge in [0, 0.05) is 23.4 Å². The Bertz CT molecular complexity index is 600. The highest BCUT2D eigenvalue weighted by Crippen LogP contribution is 2.30. The van der Waals surface area contributed by atoms with Crippen LogP contribution >= 0.6 is 12.6 Å². The van der Waals surface area contributed by atoms with Crippen LogP contribution in [0.4, 0.5) is 0 Å². The molecule has 98 valence electrons. The highest BCUT2D eigenvalue weighted by Gasteiger charge is 2.39. The number of hydrogen-bond donors (Lipinski definition) is 2. The summed E-state index contributed by atoms with van der Waals surface area (Å²) >= 11 is 4.34. The molecule has 19 heavy (non-hydrogen) atoms. The minimum Gasteiger partial charge on any atom is -0.322 e. The number of carbonyl (C=O) groups excluding carboxylic acids is 3. The van der Waals surface area contributed by atoms with Gasteiger partial charge in [-0.15, -0.1) is 12.6 Å². The number of thiol groups is 1. The number of imide groups is 1. The zero-order valence-electron chi connectivity index (χ0n) is 10.0. The maximum absolute atomic E-state index is 12.3. The third kappa shape index (κ3) is 1.92. The van der Waals surface area contributed by atoms with Crippen LogP contribution in [0.1, 0.15) is 28.8 Å². The number of rotatable bonds is 1. The van der Waals surface area contributed by atoms with E-state index in [1.165, 1.54) is 4.90 Å². The third-order valence-electron chi connectivity index (χ3n) is 3.56. The lowest BCUT2D eigenvalue weighted by Gasteiger charge is -2.29. The summed E-state index contributed by atoms with van der Waals surface area (Å²) in [6.07, 6.45) is 0.649. The van der Waals surface area contributed by atoms with Crippen molar-refractivity contribution < 1.29 is 14.4 Å². The zero-order chi connectivity index (χ0) is 13.6. The second kappa shape index (κ2) is 4.38. The Labute approximate surface area is 115 Å². The number of piperidine rings is 1. The molecule has 0 saturated carbocycles. The molecule has 0 spiro atoms. The first-order valence-electron chi connectivity index (χ1n) is 6.03. The molecule has 1 aromatic carbocycles. The average Bonchev–Trinajstić information content (AvgIpc) is 2.69. The number of hydrogen-bond acceptors (Lipinski definition) is 4. The molecule has 5 nitrogen and oxygen atoms in total. The van der Waals surface area contributed by atoms with Gasteiger partial charge in [0.15, 0.2) is 0 Å². The second-order valence-electron chi connectivity index (χ2n) is 4.70.